The number of aliphatic carboxylic acids is 2. The Hall–Kier alpha value is -2.58. The molecule has 0 unspecified atom stereocenters. The number of rotatable bonds is 7. The third-order valence-corrected chi connectivity index (χ3v) is 2.45. The molecule has 0 saturated heterocycles. The number of carbonyl (C=O) groups excluding carboxylic acids is 1. The van der Waals surface area contributed by atoms with Crippen molar-refractivity contribution >= 4 is 18.0 Å². The molecule has 0 fully saturated rings. The van der Waals surface area contributed by atoms with Crippen LogP contribution < -0.4 is 10.6 Å². The average Bonchev–Trinajstić information content (AvgIpc) is 2.77. The van der Waals surface area contributed by atoms with Gasteiger partial charge in [-0.2, -0.15) is 5.10 Å². The Kier molecular flexibility index (Phi) is 5.51. The lowest BCUT2D eigenvalue weighted by Gasteiger charge is -2.13. The van der Waals surface area contributed by atoms with Crippen molar-refractivity contribution in [3.05, 3.63) is 18.0 Å². The Balaban J connectivity index is 2.41. The van der Waals surface area contributed by atoms with Crippen molar-refractivity contribution in [1.82, 2.24) is 20.4 Å². The minimum Gasteiger partial charge on any atom is -0.481 e. The molecule has 2 amide bonds. The van der Waals surface area contributed by atoms with E-state index in [0.717, 1.165) is 0 Å². The van der Waals surface area contributed by atoms with Crippen LogP contribution in [0.5, 0.6) is 0 Å². The predicted octanol–water partition coefficient (Wildman–Crippen LogP) is -0.463. The highest BCUT2D eigenvalue weighted by Crippen LogP contribution is 1.98. The van der Waals surface area contributed by atoms with Crippen LogP contribution in [-0.2, 0) is 23.2 Å². The summed E-state index contributed by atoms with van der Waals surface area (Å²) in [6.45, 7) is 0.151. The second kappa shape index (κ2) is 7.12. The van der Waals surface area contributed by atoms with Gasteiger partial charge in [0.05, 0.1) is 12.2 Å². The van der Waals surface area contributed by atoms with Gasteiger partial charge in [0, 0.05) is 19.7 Å². The van der Waals surface area contributed by atoms with Crippen molar-refractivity contribution in [3.63, 3.8) is 0 Å². The number of carboxylic acid groups (broad SMARTS) is 2. The van der Waals surface area contributed by atoms with E-state index in [1.165, 1.54) is 0 Å². The molecular formula is C11H16N4O5. The molecule has 0 aliphatic rings. The summed E-state index contributed by atoms with van der Waals surface area (Å²) < 4.78 is 1.57. The number of nitrogens with zero attached hydrogens (tertiary/aromatic N) is 2. The molecule has 0 bridgehead atoms. The van der Waals surface area contributed by atoms with Gasteiger partial charge in [-0.05, 0) is 12.5 Å². The normalized spacial score (nSPS) is 11.7. The minimum atomic E-state index is -1.28. The summed E-state index contributed by atoms with van der Waals surface area (Å²) in [4.78, 5) is 32.8. The third-order valence-electron chi connectivity index (χ3n) is 2.45. The maximum Gasteiger partial charge on any atom is 0.326 e. The van der Waals surface area contributed by atoms with E-state index in [-0.39, 0.29) is 19.4 Å². The summed E-state index contributed by atoms with van der Waals surface area (Å²) in [7, 11) is 1.73. The number of nitrogens with one attached hydrogen (secondary N) is 2. The Morgan fingerprint density at radius 2 is 2.10 bits per heavy atom. The molecule has 1 heterocycles. The molecule has 1 atom stereocenters. The van der Waals surface area contributed by atoms with Crippen LogP contribution in [-0.4, -0.2) is 44.0 Å². The summed E-state index contributed by atoms with van der Waals surface area (Å²) >= 11 is 0. The van der Waals surface area contributed by atoms with Crippen LogP contribution in [0.3, 0.4) is 0 Å². The fourth-order valence-corrected chi connectivity index (χ4v) is 1.46. The number of hydrogen-bond donors (Lipinski definition) is 4. The second-order valence-electron chi connectivity index (χ2n) is 4.13. The van der Waals surface area contributed by atoms with Crippen molar-refractivity contribution < 1.29 is 24.6 Å². The van der Waals surface area contributed by atoms with Crippen molar-refractivity contribution in [3.8, 4) is 0 Å². The van der Waals surface area contributed by atoms with E-state index in [4.69, 9.17) is 10.2 Å². The lowest BCUT2D eigenvalue weighted by molar-refractivity contribution is -0.140. The molecule has 0 aliphatic heterocycles. The number of carboxylic acids is 2. The van der Waals surface area contributed by atoms with Gasteiger partial charge >= 0.3 is 18.0 Å². The average molecular weight is 284 g/mol. The molecule has 1 aromatic heterocycles. The molecule has 110 valence electrons. The van der Waals surface area contributed by atoms with Crippen molar-refractivity contribution in [2.45, 2.75) is 25.4 Å². The Bertz CT molecular complexity index is 499. The van der Waals surface area contributed by atoms with Gasteiger partial charge in [0.2, 0.25) is 0 Å². The number of amides is 2. The van der Waals surface area contributed by atoms with Gasteiger partial charge in [0.25, 0.3) is 0 Å². The number of aromatic nitrogens is 2. The SMILES string of the molecule is Cn1ccc(CNC(=O)N[C@@H](CCC(=O)O)C(=O)O)n1. The van der Waals surface area contributed by atoms with Crippen molar-refractivity contribution in [2.75, 3.05) is 0 Å². The van der Waals surface area contributed by atoms with Gasteiger partial charge in [0.15, 0.2) is 0 Å². The van der Waals surface area contributed by atoms with Gasteiger partial charge in [-0.15, -0.1) is 0 Å². The molecule has 1 rings (SSSR count). The van der Waals surface area contributed by atoms with Gasteiger partial charge in [0.1, 0.15) is 6.04 Å². The quantitative estimate of drug-likeness (QED) is 0.535. The zero-order chi connectivity index (χ0) is 15.1. The minimum absolute atomic E-state index is 0.151. The highest BCUT2D eigenvalue weighted by molar-refractivity contribution is 5.82. The Morgan fingerprint density at radius 3 is 2.60 bits per heavy atom. The Morgan fingerprint density at radius 1 is 1.40 bits per heavy atom. The molecular weight excluding hydrogens is 268 g/mol. The highest BCUT2D eigenvalue weighted by Gasteiger charge is 2.20. The first kappa shape index (κ1) is 15.5. The topological polar surface area (TPSA) is 134 Å². The molecule has 0 saturated carbocycles. The van der Waals surface area contributed by atoms with E-state index in [1.54, 1.807) is 24.0 Å². The molecule has 9 nitrogen and oxygen atoms in total. The van der Waals surface area contributed by atoms with Crippen LogP contribution in [0.25, 0.3) is 0 Å². The second-order valence-corrected chi connectivity index (χ2v) is 4.13. The fraction of sp³-hybridized carbons (Fsp3) is 0.455. The van der Waals surface area contributed by atoms with E-state index in [0.29, 0.717) is 5.69 Å². The van der Waals surface area contributed by atoms with E-state index in [1.807, 2.05) is 0 Å². The maximum atomic E-state index is 11.5. The maximum absolute atomic E-state index is 11.5. The lowest BCUT2D eigenvalue weighted by atomic mass is 10.1. The number of carbonyl (C=O) groups is 3. The van der Waals surface area contributed by atoms with E-state index < -0.39 is 24.0 Å². The van der Waals surface area contributed by atoms with Gasteiger partial charge in [-0.25, -0.2) is 9.59 Å². The van der Waals surface area contributed by atoms with E-state index in [9.17, 15) is 14.4 Å². The van der Waals surface area contributed by atoms with Gasteiger partial charge in [-0.1, -0.05) is 0 Å². The molecule has 9 heteroatoms. The smallest absolute Gasteiger partial charge is 0.326 e. The van der Waals surface area contributed by atoms with E-state index in [2.05, 4.69) is 15.7 Å². The van der Waals surface area contributed by atoms with Crippen LogP contribution in [0.2, 0.25) is 0 Å². The summed E-state index contributed by atoms with van der Waals surface area (Å²) in [5.41, 5.74) is 0.625. The number of urea groups is 1. The first-order valence-electron chi connectivity index (χ1n) is 5.86. The van der Waals surface area contributed by atoms with E-state index >= 15 is 0 Å². The fourth-order valence-electron chi connectivity index (χ4n) is 1.46. The summed E-state index contributed by atoms with van der Waals surface area (Å²) in [5, 5.41) is 26.1. The van der Waals surface area contributed by atoms with Gasteiger partial charge < -0.3 is 20.8 Å². The van der Waals surface area contributed by atoms with Crippen LogP contribution in [0.4, 0.5) is 4.79 Å². The molecule has 4 N–H and O–H groups in total. The largest absolute Gasteiger partial charge is 0.481 e. The molecule has 0 radical (unpaired) electrons. The van der Waals surface area contributed by atoms with Gasteiger partial charge in [-0.3, -0.25) is 9.48 Å². The lowest BCUT2D eigenvalue weighted by Crippen LogP contribution is -2.46. The molecule has 0 aliphatic carbocycles. The number of aryl methyl sites for hydroxylation is 1. The number of hydrogen-bond acceptors (Lipinski definition) is 4. The van der Waals surface area contributed by atoms with Crippen LogP contribution in [0, 0.1) is 0 Å². The summed E-state index contributed by atoms with van der Waals surface area (Å²) in [6.07, 6.45) is 1.20. The Labute approximate surface area is 114 Å². The zero-order valence-electron chi connectivity index (χ0n) is 10.9. The first-order valence-corrected chi connectivity index (χ1v) is 5.86. The standard InChI is InChI=1S/C11H16N4O5/c1-15-5-4-7(14-15)6-12-11(20)13-8(10(18)19)2-3-9(16)17/h4-5,8H,2-3,6H2,1H3,(H,16,17)(H,18,19)(H2,12,13,20)/t8-/m0/s1. The van der Waals surface area contributed by atoms with Crippen LogP contribution in [0.15, 0.2) is 12.3 Å². The summed E-state index contributed by atoms with van der Waals surface area (Å²) in [6, 6.07) is -0.220. The van der Waals surface area contributed by atoms with Crippen molar-refractivity contribution in [2.24, 2.45) is 7.05 Å². The first-order chi connectivity index (χ1) is 9.38. The highest BCUT2D eigenvalue weighted by atomic mass is 16.4. The van der Waals surface area contributed by atoms with Crippen molar-refractivity contribution in [1.29, 1.82) is 0 Å². The molecule has 1 aromatic rings. The third kappa shape index (κ3) is 5.38. The monoisotopic (exact) mass is 284 g/mol. The zero-order valence-corrected chi connectivity index (χ0v) is 10.9. The summed E-state index contributed by atoms with van der Waals surface area (Å²) in [5.74, 6) is -2.40. The van der Waals surface area contributed by atoms with Crippen LogP contribution >= 0.6 is 0 Å². The molecule has 0 aromatic carbocycles. The predicted molar refractivity (Wildman–Crippen MR) is 66.9 cm³/mol. The molecule has 0 spiro atoms. The van der Waals surface area contributed by atoms with Crippen LogP contribution in [0.1, 0.15) is 18.5 Å². The molecule has 20 heavy (non-hydrogen) atoms.